The summed E-state index contributed by atoms with van der Waals surface area (Å²) in [6.45, 7) is 0. The van der Waals surface area contributed by atoms with Crippen LogP contribution in [0.1, 0.15) is 0 Å². The molecule has 21 heavy (non-hydrogen) atoms. The highest BCUT2D eigenvalue weighted by atomic mass is 79.9. The van der Waals surface area contributed by atoms with Crippen LogP contribution in [0, 0.1) is 0 Å². The summed E-state index contributed by atoms with van der Waals surface area (Å²) in [5, 5.41) is 0. The van der Waals surface area contributed by atoms with Gasteiger partial charge in [0.05, 0.1) is 37.7 Å². The third-order valence-corrected chi connectivity index (χ3v) is 3.25. The molecule has 1 aromatic carbocycles. The zero-order valence-electron chi connectivity index (χ0n) is 11.8. The van der Waals surface area contributed by atoms with Crippen LogP contribution < -0.4 is 24.7 Å². The molecule has 0 bridgehead atoms. The normalized spacial score (nSPS) is 10.1. The van der Waals surface area contributed by atoms with Crippen LogP contribution in [-0.2, 0) is 0 Å². The number of nitrogens with two attached hydrogens (primary N) is 1. The maximum absolute atomic E-state index is 5.72. The molecule has 0 fully saturated rings. The highest BCUT2D eigenvalue weighted by Crippen LogP contribution is 2.42. The van der Waals surface area contributed by atoms with Crippen molar-refractivity contribution in [3.63, 3.8) is 0 Å². The summed E-state index contributed by atoms with van der Waals surface area (Å²) in [6, 6.07) is 5.08. The lowest BCUT2D eigenvalue weighted by Crippen LogP contribution is -1.97. The van der Waals surface area contributed by atoms with E-state index in [4.69, 9.17) is 24.7 Å². The number of pyridine rings is 1. The Morgan fingerprint density at radius 1 is 1.00 bits per heavy atom. The molecule has 7 heteroatoms. The number of rotatable bonds is 5. The molecule has 0 amide bonds. The SMILES string of the molecule is COc1cc(Oc2ncc(N)cc2Br)cc(OC)c1OC. The summed E-state index contributed by atoms with van der Waals surface area (Å²) in [5.41, 5.74) is 6.19. The molecule has 0 aliphatic rings. The van der Waals surface area contributed by atoms with Gasteiger partial charge in [-0.1, -0.05) is 0 Å². The Balaban J connectivity index is 2.40. The minimum absolute atomic E-state index is 0.387. The van der Waals surface area contributed by atoms with E-state index >= 15 is 0 Å². The number of nitrogen functional groups attached to an aromatic ring is 1. The Labute approximate surface area is 130 Å². The standard InChI is InChI=1S/C14H15BrN2O4/c1-18-11-5-9(6-12(19-2)13(11)20-3)21-14-10(15)4-8(16)7-17-14/h4-7H,16H2,1-3H3. The summed E-state index contributed by atoms with van der Waals surface area (Å²) in [5.74, 6) is 2.38. The van der Waals surface area contributed by atoms with Gasteiger partial charge in [0.2, 0.25) is 11.6 Å². The fraction of sp³-hybridized carbons (Fsp3) is 0.214. The van der Waals surface area contributed by atoms with Crippen LogP contribution in [0.5, 0.6) is 28.9 Å². The van der Waals surface area contributed by atoms with Crippen LogP contribution in [0.3, 0.4) is 0 Å². The zero-order chi connectivity index (χ0) is 15.4. The average molecular weight is 355 g/mol. The molecular formula is C14H15BrN2O4. The first-order valence-corrected chi connectivity index (χ1v) is 6.77. The first kappa shape index (κ1) is 15.2. The van der Waals surface area contributed by atoms with Gasteiger partial charge >= 0.3 is 0 Å². The summed E-state index contributed by atoms with van der Waals surface area (Å²) >= 11 is 3.35. The topological polar surface area (TPSA) is 75.8 Å². The molecule has 0 spiro atoms. The second kappa shape index (κ2) is 6.53. The van der Waals surface area contributed by atoms with Crippen molar-refractivity contribution in [1.29, 1.82) is 0 Å². The molecule has 6 nitrogen and oxygen atoms in total. The predicted molar refractivity (Wildman–Crippen MR) is 82.5 cm³/mol. The summed E-state index contributed by atoms with van der Waals surface area (Å²) < 4.78 is 22.2. The quantitative estimate of drug-likeness (QED) is 0.887. The number of anilines is 1. The largest absolute Gasteiger partial charge is 0.493 e. The third kappa shape index (κ3) is 3.30. The number of benzene rings is 1. The fourth-order valence-electron chi connectivity index (χ4n) is 1.74. The number of hydrogen-bond donors (Lipinski definition) is 1. The lowest BCUT2D eigenvalue weighted by atomic mass is 10.2. The van der Waals surface area contributed by atoms with Gasteiger partial charge in [0.1, 0.15) is 5.75 Å². The van der Waals surface area contributed by atoms with E-state index in [1.165, 1.54) is 6.20 Å². The third-order valence-electron chi connectivity index (χ3n) is 2.68. The van der Waals surface area contributed by atoms with Gasteiger partial charge in [-0.2, -0.15) is 0 Å². The van der Waals surface area contributed by atoms with Crippen molar-refractivity contribution in [2.24, 2.45) is 0 Å². The Kier molecular flexibility index (Phi) is 4.74. The first-order valence-electron chi connectivity index (χ1n) is 5.98. The van der Waals surface area contributed by atoms with Gasteiger partial charge in [-0.3, -0.25) is 0 Å². The maximum atomic E-state index is 5.72. The second-order valence-corrected chi connectivity index (χ2v) is 4.87. The van der Waals surface area contributed by atoms with Crippen molar-refractivity contribution in [2.45, 2.75) is 0 Å². The molecule has 0 atom stereocenters. The molecule has 1 heterocycles. The van der Waals surface area contributed by atoms with Crippen molar-refractivity contribution < 1.29 is 18.9 Å². The number of methoxy groups -OCH3 is 3. The molecule has 112 valence electrons. The van der Waals surface area contributed by atoms with Crippen LogP contribution >= 0.6 is 15.9 Å². The van der Waals surface area contributed by atoms with E-state index < -0.39 is 0 Å². The monoisotopic (exact) mass is 354 g/mol. The van der Waals surface area contributed by atoms with Gasteiger partial charge in [0.15, 0.2) is 11.5 Å². The smallest absolute Gasteiger partial charge is 0.233 e. The fourth-order valence-corrected chi connectivity index (χ4v) is 2.19. The molecule has 2 rings (SSSR count). The van der Waals surface area contributed by atoms with E-state index in [2.05, 4.69) is 20.9 Å². The van der Waals surface area contributed by atoms with Gasteiger partial charge in [0, 0.05) is 12.1 Å². The summed E-state index contributed by atoms with van der Waals surface area (Å²) in [4.78, 5) is 4.12. The van der Waals surface area contributed by atoms with Gasteiger partial charge in [-0.05, 0) is 22.0 Å². The molecule has 2 N–H and O–H groups in total. The molecule has 2 aromatic rings. The van der Waals surface area contributed by atoms with Gasteiger partial charge in [0.25, 0.3) is 0 Å². The van der Waals surface area contributed by atoms with Crippen molar-refractivity contribution in [3.05, 3.63) is 28.9 Å². The van der Waals surface area contributed by atoms with E-state index in [-0.39, 0.29) is 0 Å². The van der Waals surface area contributed by atoms with Crippen molar-refractivity contribution in [3.8, 4) is 28.9 Å². The highest BCUT2D eigenvalue weighted by Gasteiger charge is 2.15. The summed E-state index contributed by atoms with van der Waals surface area (Å²) in [7, 11) is 4.62. The van der Waals surface area contributed by atoms with E-state index in [0.717, 1.165) is 0 Å². The number of nitrogens with zero attached hydrogens (tertiary/aromatic N) is 1. The first-order chi connectivity index (χ1) is 10.1. The number of hydrogen-bond acceptors (Lipinski definition) is 6. The number of aromatic nitrogens is 1. The van der Waals surface area contributed by atoms with Gasteiger partial charge in [-0.15, -0.1) is 0 Å². The lowest BCUT2D eigenvalue weighted by Gasteiger charge is -2.14. The minimum atomic E-state index is 0.387. The van der Waals surface area contributed by atoms with Crippen molar-refractivity contribution in [2.75, 3.05) is 27.1 Å². The van der Waals surface area contributed by atoms with E-state index in [0.29, 0.717) is 39.0 Å². The van der Waals surface area contributed by atoms with Gasteiger partial charge in [-0.25, -0.2) is 4.98 Å². The Morgan fingerprint density at radius 2 is 1.62 bits per heavy atom. The molecular weight excluding hydrogens is 340 g/mol. The zero-order valence-corrected chi connectivity index (χ0v) is 13.4. The van der Waals surface area contributed by atoms with Crippen molar-refractivity contribution in [1.82, 2.24) is 4.98 Å². The maximum Gasteiger partial charge on any atom is 0.233 e. The molecule has 0 saturated heterocycles. The molecule has 0 unspecified atom stereocenters. The molecule has 1 aromatic heterocycles. The Hall–Kier alpha value is -2.15. The van der Waals surface area contributed by atoms with Crippen LogP contribution in [0.4, 0.5) is 5.69 Å². The molecule has 0 aliphatic carbocycles. The van der Waals surface area contributed by atoms with Crippen LogP contribution in [-0.4, -0.2) is 26.3 Å². The number of halogens is 1. The average Bonchev–Trinajstić information content (AvgIpc) is 2.49. The predicted octanol–water partition coefficient (Wildman–Crippen LogP) is 3.24. The Morgan fingerprint density at radius 3 is 2.10 bits per heavy atom. The highest BCUT2D eigenvalue weighted by molar-refractivity contribution is 9.10. The minimum Gasteiger partial charge on any atom is -0.493 e. The van der Waals surface area contributed by atoms with Crippen LogP contribution in [0.15, 0.2) is 28.9 Å². The summed E-state index contributed by atoms with van der Waals surface area (Å²) in [6.07, 6.45) is 1.51. The van der Waals surface area contributed by atoms with Crippen molar-refractivity contribution >= 4 is 21.6 Å². The molecule has 0 saturated carbocycles. The van der Waals surface area contributed by atoms with E-state index in [1.807, 2.05) is 0 Å². The van der Waals surface area contributed by atoms with Crippen LogP contribution in [0.25, 0.3) is 0 Å². The molecule has 0 radical (unpaired) electrons. The Bertz CT molecular complexity index is 624. The molecule has 0 aliphatic heterocycles. The second-order valence-electron chi connectivity index (χ2n) is 4.02. The van der Waals surface area contributed by atoms with Crippen LogP contribution in [0.2, 0.25) is 0 Å². The van der Waals surface area contributed by atoms with Gasteiger partial charge < -0.3 is 24.7 Å². The lowest BCUT2D eigenvalue weighted by molar-refractivity contribution is 0.320. The van der Waals surface area contributed by atoms with E-state index in [1.54, 1.807) is 39.5 Å². The van der Waals surface area contributed by atoms with E-state index in [9.17, 15) is 0 Å². The number of ether oxygens (including phenoxy) is 4.